The van der Waals surface area contributed by atoms with Crippen molar-refractivity contribution < 1.29 is 4.74 Å². The van der Waals surface area contributed by atoms with Crippen LogP contribution in [0.1, 0.15) is 39.0 Å². The van der Waals surface area contributed by atoms with Crippen LogP contribution in [0.25, 0.3) is 0 Å². The standard InChI is InChI=1S/C12H25NO/c1-3-8-14-10-12-6-4-11(5-7-12)9-13-2/h11-13H,3-10H2,1-2H3. The molecule has 1 aliphatic carbocycles. The lowest BCUT2D eigenvalue weighted by molar-refractivity contribution is 0.0783. The largest absolute Gasteiger partial charge is 0.381 e. The maximum Gasteiger partial charge on any atom is 0.0494 e. The van der Waals surface area contributed by atoms with Crippen LogP contribution in [0.15, 0.2) is 0 Å². The fourth-order valence-electron chi connectivity index (χ4n) is 2.29. The second kappa shape index (κ2) is 7.24. The first-order valence-electron chi connectivity index (χ1n) is 6.09. The molecule has 0 radical (unpaired) electrons. The van der Waals surface area contributed by atoms with Crippen molar-refractivity contribution in [2.75, 3.05) is 26.8 Å². The second-order valence-electron chi connectivity index (χ2n) is 4.52. The zero-order valence-electron chi connectivity index (χ0n) is 9.72. The van der Waals surface area contributed by atoms with Crippen LogP contribution in [0.3, 0.4) is 0 Å². The summed E-state index contributed by atoms with van der Waals surface area (Å²) in [6.07, 6.45) is 6.67. The molecule has 84 valence electrons. The topological polar surface area (TPSA) is 21.3 Å². The van der Waals surface area contributed by atoms with Crippen LogP contribution in [0.5, 0.6) is 0 Å². The van der Waals surface area contributed by atoms with Gasteiger partial charge in [0.05, 0.1) is 0 Å². The smallest absolute Gasteiger partial charge is 0.0494 e. The number of hydrogen-bond acceptors (Lipinski definition) is 2. The lowest BCUT2D eigenvalue weighted by Crippen LogP contribution is -2.25. The maximum absolute atomic E-state index is 5.60. The Balaban J connectivity index is 2.03. The Morgan fingerprint density at radius 2 is 1.79 bits per heavy atom. The van der Waals surface area contributed by atoms with Crippen molar-refractivity contribution in [2.45, 2.75) is 39.0 Å². The monoisotopic (exact) mass is 199 g/mol. The molecule has 0 bridgehead atoms. The molecule has 0 aliphatic heterocycles. The van der Waals surface area contributed by atoms with E-state index in [0.717, 1.165) is 31.5 Å². The highest BCUT2D eigenvalue weighted by molar-refractivity contribution is 4.73. The quantitative estimate of drug-likeness (QED) is 0.663. The minimum absolute atomic E-state index is 0.842. The highest BCUT2D eigenvalue weighted by Crippen LogP contribution is 2.28. The number of ether oxygens (including phenoxy) is 1. The lowest BCUT2D eigenvalue weighted by atomic mass is 9.82. The van der Waals surface area contributed by atoms with Gasteiger partial charge >= 0.3 is 0 Å². The maximum atomic E-state index is 5.60. The number of rotatable bonds is 6. The van der Waals surface area contributed by atoms with Gasteiger partial charge in [-0.1, -0.05) is 6.92 Å². The Bertz CT molecular complexity index is 130. The highest BCUT2D eigenvalue weighted by atomic mass is 16.5. The molecule has 0 aromatic rings. The first-order valence-corrected chi connectivity index (χ1v) is 6.09. The van der Waals surface area contributed by atoms with Crippen LogP contribution in [0.2, 0.25) is 0 Å². The Morgan fingerprint density at radius 1 is 1.14 bits per heavy atom. The number of hydrogen-bond donors (Lipinski definition) is 1. The summed E-state index contributed by atoms with van der Waals surface area (Å²) < 4.78 is 5.60. The van der Waals surface area contributed by atoms with E-state index in [0.29, 0.717) is 0 Å². The Morgan fingerprint density at radius 3 is 2.36 bits per heavy atom. The van der Waals surface area contributed by atoms with Crippen molar-refractivity contribution in [3.63, 3.8) is 0 Å². The van der Waals surface area contributed by atoms with E-state index in [-0.39, 0.29) is 0 Å². The molecule has 1 aliphatic rings. The summed E-state index contributed by atoms with van der Waals surface area (Å²) in [7, 11) is 2.05. The van der Waals surface area contributed by atoms with E-state index >= 15 is 0 Å². The summed E-state index contributed by atoms with van der Waals surface area (Å²) >= 11 is 0. The summed E-state index contributed by atoms with van der Waals surface area (Å²) in [5, 5.41) is 3.27. The summed E-state index contributed by atoms with van der Waals surface area (Å²) in [6, 6.07) is 0. The van der Waals surface area contributed by atoms with Gasteiger partial charge in [0.2, 0.25) is 0 Å². The second-order valence-corrected chi connectivity index (χ2v) is 4.52. The number of nitrogens with one attached hydrogen (secondary N) is 1. The van der Waals surface area contributed by atoms with Gasteiger partial charge in [-0.25, -0.2) is 0 Å². The average Bonchev–Trinajstić information content (AvgIpc) is 2.21. The van der Waals surface area contributed by atoms with Crippen LogP contribution in [0, 0.1) is 11.8 Å². The van der Waals surface area contributed by atoms with Gasteiger partial charge in [-0.3, -0.25) is 0 Å². The summed E-state index contributed by atoms with van der Waals surface area (Å²) in [6.45, 7) is 5.31. The molecule has 1 saturated carbocycles. The molecule has 14 heavy (non-hydrogen) atoms. The van der Waals surface area contributed by atoms with Crippen LogP contribution < -0.4 is 5.32 Å². The highest BCUT2D eigenvalue weighted by Gasteiger charge is 2.20. The molecule has 1 fully saturated rings. The first-order chi connectivity index (χ1) is 6.86. The molecule has 2 nitrogen and oxygen atoms in total. The summed E-state index contributed by atoms with van der Waals surface area (Å²) in [4.78, 5) is 0. The van der Waals surface area contributed by atoms with Crippen molar-refractivity contribution >= 4 is 0 Å². The molecule has 1 rings (SSSR count). The first kappa shape index (κ1) is 12.0. The predicted octanol–water partition coefficient (Wildman–Crippen LogP) is 2.44. The molecule has 2 heteroatoms. The van der Waals surface area contributed by atoms with Gasteiger partial charge in [0.25, 0.3) is 0 Å². The van der Waals surface area contributed by atoms with Crippen molar-refractivity contribution in [3.8, 4) is 0 Å². The molecular formula is C12H25NO. The Kier molecular flexibility index (Phi) is 6.20. The zero-order chi connectivity index (χ0) is 10.2. The minimum Gasteiger partial charge on any atom is -0.381 e. The molecule has 0 aromatic heterocycles. The molecule has 0 atom stereocenters. The van der Waals surface area contributed by atoms with Gasteiger partial charge in [-0.05, 0) is 57.5 Å². The molecule has 0 spiro atoms. The normalized spacial score (nSPS) is 27.9. The molecule has 0 amide bonds. The third-order valence-corrected chi connectivity index (χ3v) is 3.16. The van der Waals surface area contributed by atoms with Gasteiger partial charge in [0.1, 0.15) is 0 Å². The minimum atomic E-state index is 0.842. The van der Waals surface area contributed by atoms with Gasteiger partial charge in [-0.15, -0.1) is 0 Å². The van der Waals surface area contributed by atoms with Gasteiger partial charge < -0.3 is 10.1 Å². The van der Waals surface area contributed by atoms with Crippen LogP contribution in [-0.2, 0) is 4.74 Å². The molecule has 1 N–H and O–H groups in total. The predicted molar refractivity (Wildman–Crippen MR) is 60.5 cm³/mol. The molecule has 0 heterocycles. The van der Waals surface area contributed by atoms with Crippen LogP contribution >= 0.6 is 0 Å². The van der Waals surface area contributed by atoms with E-state index in [1.807, 2.05) is 0 Å². The van der Waals surface area contributed by atoms with E-state index in [4.69, 9.17) is 4.74 Å². The van der Waals surface area contributed by atoms with E-state index < -0.39 is 0 Å². The van der Waals surface area contributed by atoms with E-state index in [1.165, 1.54) is 32.2 Å². The van der Waals surface area contributed by atoms with Crippen molar-refractivity contribution in [3.05, 3.63) is 0 Å². The van der Waals surface area contributed by atoms with E-state index in [2.05, 4.69) is 19.3 Å². The molecule has 0 saturated heterocycles. The zero-order valence-corrected chi connectivity index (χ0v) is 9.72. The molecular weight excluding hydrogens is 174 g/mol. The SMILES string of the molecule is CCCOCC1CCC(CNC)CC1. The fraction of sp³-hybridized carbons (Fsp3) is 1.00. The van der Waals surface area contributed by atoms with E-state index in [1.54, 1.807) is 0 Å². The van der Waals surface area contributed by atoms with Crippen LogP contribution in [0.4, 0.5) is 0 Å². The molecule has 0 aromatic carbocycles. The third-order valence-electron chi connectivity index (χ3n) is 3.16. The van der Waals surface area contributed by atoms with Gasteiger partial charge in [0, 0.05) is 13.2 Å². The average molecular weight is 199 g/mol. The Labute approximate surface area is 88.4 Å². The van der Waals surface area contributed by atoms with Gasteiger partial charge in [0.15, 0.2) is 0 Å². The van der Waals surface area contributed by atoms with Crippen molar-refractivity contribution in [1.82, 2.24) is 5.32 Å². The Hall–Kier alpha value is -0.0800. The lowest BCUT2D eigenvalue weighted by Gasteiger charge is -2.28. The van der Waals surface area contributed by atoms with Crippen molar-refractivity contribution in [1.29, 1.82) is 0 Å². The fourth-order valence-corrected chi connectivity index (χ4v) is 2.29. The van der Waals surface area contributed by atoms with Crippen molar-refractivity contribution in [2.24, 2.45) is 11.8 Å². The summed E-state index contributed by atoms with van der Waals surface area (Å²) in [5.74, 6) is 1.76. The molecule has 0 unspecified atom stereocenters. The summed E-state index contributed by atoms with van der Waals surface area (Å²) in [5.41, 5.74) is 0. The van der Waals surface area contributed by atoms with Gasteiger partial charge in [-0.2, -0.15) is 0 Å². The van der Waals surface area contributed by atoms with Crippen LogP contribution in [-0.4, -0.2) is 26.8 Å². The van der Waals surface area contributed by atoms with E-state index in [9.17, 15) is 0 Å². The third kappa shape index (κ3) is 4.43.